The summed E-state index contributed by atoms with van der Waals surface area (Å²) in [6, 6.07) is 8.17. The first-order chi connectivity index (χ1) is 9.47. The summed E-state index contributed by atoms with van der Waals surface area (Å²) < 4.78 is 13.8. The molecule has 104 valence electrons. The van der Waals surface area contributed by atoms with E-state index in [2.05, 4.69) is 21.2 Å². The lowest BCUT2D eigenvalue weighted by Gasteiger charge is -2.09. The second kappa shape index (κ2) is 5.87. The predicted molar refractivity (Wildman–Crippen MR) is 76.2 cm³/mol. The molecular formula is C13H10BrFN2O3. The van der Waals surface area contributed by atoms with Crippen molar-refractivity contribution >= 4 is 27.3 Å². The number of benzene rings is 2. The molecule has 0 heterocycles. The van der Waals surface area contributed by atoms with Gasteiger partial charge in [-0.25, -0.2) is 4.39 Å². The van der Waals surface area contributed by atoms with Gasteiger partial charge in [-0.3, -0.25) is 10.1 Å². The van der Waals surface area contributed by atoms with Crippen LogP contribution < -0.4 is 5.32 Å². The molecule has 0 fully saturated rings. The molecule has 0 bridgehead atoms. The van der Waals surface area contributed by atoms with Crippen molar-refractivity contribution in [3.8, 4) is 5.75 Å². The van der Waals surface area contributed by atoms with Crippen LogP contribution in [0.2, 0.25) is 0 Å². The molecule has 0 aliphatic rings. The molecule has 0 radical (unpaired) electrons. The smallest absolute Gasteiger partial charge is 0.295 e. The van der Waals surface area contributed by atoms with Gasteiger partial charge in [-0.15, -0.1) is 0 Å². The second-order valence-corrected chi connectivity index (χ2v) is 4.96. The Labute approximate surface area is 122 Å². The van der Waals surface area contributed by atoms with Gasteiger partial charge in [0.2, 0.25) is 0 Å². The lowest BCUT2D eigenvalue weighted by atomic mass is 10.2. The van der Waals surface area contributed by atoms with Gasteiger partial charge in [-0.05, 0) is 30.3 Å². The molecule has 2 N–H and O–H groups in total. The molecule has 0 amide bonds. The highest BCUT2D eigenvalue weighted by Crippen LogP contribution is 2.27. The van der Waals surface area contributed by atoms with Gasteiger partial charge in [-0.1, -0.05) is 15.9 Å². The molecule has 2 aromatic carbocycles. The number of phenolic OH excluding ortho intramolecular Hbond substituents is 1. The van der Waals surface area contributed by atoms with E-state index < -0.39 is 10.7 Å². The zero-order valence-electron chi connectivity index (χ0n) is 10.1. The molecule has 0 saturated carbocycles. The van der Waals surface area contributed by atoms with Crippen LogP contribution in [0.15, 0.2) is 40.9 Å². The average Bonchev–Trinajstić information content (AvgIpc) is 2.40. The monoisotopic (exact) mass is 340 g/mol. The number of phenols is 1. The largest absolute Gasteiger partial charge is 0.508 e. The first-order valence-corrected chi connectivity index (χ1v) is 6.42. The minimum absolute atomic E-state index is 0.0745. The lowest BCUT2D eigenvalue weighted by Crippen LogP contribution is -2.03. The van der Waals surface area contributed by atoms with Crippen molar-refractivity contribution in [2.24, 2.45) is 0 Å². The number of nitrogens with zero attached hydrogens (tertiary/aromatic N) is 1. The van der Waals surface area contributed by atoms with Crippen molar-refractivity contribution < 1.29 is 14.4 Å². The van der Waals surface area contributed by atoms with Gasteiger partial charge >= 0.3 is 0 Å². The molecule has 0 aliphatic heterocycles. The van der Waals surface area contributed by atoms with E-state index in [0.717, 1.165) is 16.6 Å². The van der Waals surface area contributed by atoms with E-state index in [1.807, 2.05) is 0 Å². The highest BCUT2D eigenvalue weighted by Gasteiger charge is 2.15. The van der Waals surface area contributed by atoms with Crippen LogP contribution in [0.5, 0.6) is 5.75 Å². The summed E-state index contributed by atoms with van der Waals surface area (Å²) in [5.41, 5.74) is 0.410. The maximum Gasteiger partial charge on any atom is 0.295 e. The van der Waals surface area contributed by atoms with Crippen LogP contribution in [-0.2, 0) is 6.54 Å². The summed E-state index contributed by atoms with van der Waals surface area (Å²) in [5.74, 6) is -0.599. The van der Waals surface area contributed by atoms with Crippen LogP contribution in [0.3, 0.4) is 0 Å². The molecule has 0 atom stereocenters. The van der Waals surface area contributed by atoms with Crippen molar-refractivity contribution in [3.05, 3.63) is 62.4 Å². The third-order valence-corrected chi connectivity index (χ3v) is 3.16. The minimum Gasteiger partial charge on any atom is -0.508 e. The molecule has 5 nitrogen and oxygen atoms in total. The van der Waals surface area contributed by atoms with E-state index in [1.165, 1.54) is 12.1 Å². The van der Waals surface area contributed by atoms with Crippen LogP contribution in [-0.4, -0.2) is 10.0 Å². The van der Waals surface area contributed by atoms with Gasteiger partial charge in [0.15, 0.2) is 0 Å². The fraction of sp³-hybridized carbons (Fsp3) is 0.0769. The van der Waals surface area contributed by atoms with Crippen molar-refractivity contribution in [3.63, 3.8) is 0 Å². The summed E-state index contributed by atoms with van der Waals surface area (Å²) in [6.07, 6.45) is 0. The van der Waals surface area contributed by atoms with Crippen LogP contribution in [0, 0.1) is 15.9 Å². The Morgan fingerprint density at radius 2 is 2.05 bits per heavy atom. The van der Waals surface area contributed by atoms with Gasteiger partial charge < -0.3 is 10.4 Å². The van der Waals surface area contributed by atoms with Gasteiger partial charge in [0.25, 0.3) is 5.69 Å². The van der Waals surface area contributed by atoms with Crippen molar-refractivity contribution in [1.82, 2.24) is 0 Å². The second-order valence-electron chi connectivity index (χ2n) is 4.05. The maximum atomic E-state index is 13.0. The number of hydrogen-bond acceptors (Lipinski definition) is 4. The quantitative estimate of drug-likeness (QED) is 0.655. The van der Waals surface area contributed by atoms with Crippen molar-refractivity contribution in [2.75, 3.05) is 5.32 Å². The van der Waals surface area contributed by atoms with E-state index in [4.69, 9.17) is 0 Å². The number of nitrogens with one attached hydrogen (secondary N) is 1. The first-order valence-electron chi connectivity index (χ1n) is 5.62. The number of aromatic hydroxyl groups is 1. The summed E-state index contributed by atoms with van der Waals surface area (Å²) in [6.45, 7) is 0.178. The number of nitro groups is 1. The average molecular weight is 341 g/mol. The van der Waals surface area contributed by atoms with Gasteiger partial charge in [-0.2, -0.15) is 0 Å². The number of rotatable bonds is 4. The first kappa shape index (κ1) is 14.3. The SMILES string of the molecule is O=[N+]([O-])c1cc(F)ccc1NCc1cc(Br)ccc1O. The summed E-state index contributed by atoms with van der Waals surface area (Å²) >= 11 is 3.27. The maximum absolute atomic E-state index is 13.0. The summed E-state index contributed by atoms with van der Waals surface area (Å²) in [5, 5.41) is 23.3. The molecule has 20 heavy (non-hydrogen) atoms. The molecule has 0 unspecified atom stereocenters. The Morgan fingerprint density at radius 3 is 2.75 bits per heavy atom. The fourth-order valence-electron chi connectivity index (χ4n) is 1.69. The predicted octanol–water partition coefficient (Wildman–Crippen LogP) is 3.81. The van der Waals surface area contributed by atoms with E-state index in [1.54, 1.807) is 12.1 Å². The molecule has 2 aromatic rings. The highest BCUT2D eigenvalue weighted by molar-refractivity contribution is 9.10. The van der Waals surface area contributed by atoms with Gasteiger partial charge in [0.05, 0.1) is 11.0 Å². The van der Waals surface area contributed by atoms with Crippen LogP contribution in [0.1, 0.15) is 5.56 Å². The molecule has 7 heteroatoms. The molecular weight excluding hydrogens is 331 g/mol. The van der Waals surface area contributed by atoms with Crippen LogP contribution in [0.25, 0.3) is 0 Å². The third-order valence-electron chi connectivity index (χ3n) is 2.67. The normalized spacial score (nSPS) is 10.3. The zero-order valence-corrected chi connectivity index (χ0v) is 11.7. The van der Waals surface area contributed by atoms with Gasteiger partial charge in [0.1, 0.15) is 17.3 Å². The third kappa shape index (κ3) is 3.24. The Balaban J connectivity index is 2.23. The number of nitro benzene ring substituents is 1. The van der Waals surface area contributed by atoms with E-state index >= 15 is 0 Å². The van der Waals surface area contributed by atoms with Crippen LogP contribution >= 0.6 is 15.9 Å². The van der Waals surface area contributed by atoms with Crippen LogP contribution in [0.4, 0.5) is 15.8 Å². The standard InChI is InChI=1S/C13H10BrFN2O3/c14-9-1-4-13(18)8(5-9)7-16-11-3-2-10(15)6-12(11)17(19)20/h1-6,16,18H,7H2. The Morgan fingerprint density at radius 1 is 1.30 bits per heavy atom. The minimum atomic E-state index is -0.674. The van der Waals surface area contributed by atoms with Gasteiger partial charge in [0, 0.05) is 16.6 Å². The van der Waals surface area contributed by atoms with Crippen molar-refractivity contribution in [1.29, 1.82) is 0 Å². The molecule has 0 spiro atoms. The summed E-state index contributed by atoms with van der Waals surface area (Å²) in [7, 11) is 0. The number of anilines is 1. The zero-order chi connectivity index (χ0) is 14.7. The molecule has 0 aromatic heterocycles. The Bertz CT molecular complexity index is 664. The topological polar surface area (TPSA) is 75.4 Å². The Hall–Kier alpha value is -2.15. The lowest BCUT2D eigenvalue weighted by molar-refractivity contribution is -0.384. The van der Waals surface area contributed by atoms with E-state index in [0.29, 0.717) is 5.56 Å². The van der Waals surface area contributed by atoms with E-state index in [9.17, 15) is 19.6 Å². The molecule has 0 saturated heterocycles. The Kier molecular flexibility index (Phi) is 4.19. The molecule has 2 rings (SSSR count). The number of hydrogen-bond donors (Lipinski definition) is 2. The van der Waals surface area contributed by atoms with E-state index in [-0.39, 0.29) is 23.7 Å². The molecule has 0 aliphatic carbocycles. The number of halogens is 2. The van der Waals surface area contributed by atoms with Crippen molar-refractivity contribution in [2.45, 2.75) is 6.54 Å². The fourth-order valence-corrected chi connectivity index (χ4v) is 2.10. The highest BCUT2D eigenvalue weighted by atomic mass is 79.9. The summed E-state index contributed by atoms with van der Waals surface area (Å²) in [4.78, 5) is 10.2.